The van der Waals surface area contributed by atoms with Crippen LogP contribution >= 0.6 is 0 Å². The summed E-state index contributed by atoms with van der Waals surface area (Å²) in [5, 5.41) is 11.8. The molecule has 2 rings (SSSR count). The van der Waals surface area contributed by atoms with Crippen molar-refractivity contribution in [2.75, 3.05) is 0 Å². The van der Waals surface area contributed by atoms with Crippen LogP contribution in [0.25, 0.3) is 0 Å². The van der Waals surface area contributed by atoms with Crippen LogP contribution in [0.5, 0.6) is 0 Å². The van der Waals surface area contributed by atoms with E-state index in [1.54, 1.807) is 13.1 Å². The largest absolute Gasteiger partial charge is 0.478 e. The predicted molar refractivity (Wildman–Crippen MR) is 65.1 cm³/mol. The van der Waals surface area contributed by atoms with Gasteiger partial charge < -0.3 is 14.8 Å². The predicted octanol–water partition coefficient (Wildman–Crippen LogP) is 2.11. The van der Waals surface area contributed by atoms with E-state index in [9.17, 15) is 9.18 Å². The van der Waals surface area contributed by atoms with Crippen molar-refractivity contribution >= 4 is 5.97 Å². The van der Waals surface area contributed by atoms with Crippen LogP contribution in [-0.2, 0) is 13.1 Å². The Hall–Kier alpha value is -2.21. The zero-order chi connectivity index (χ0) is 13.8. The zero-order valence-electron chi connectivity index (χ0n) is 10.3. The number of carboxylic acids is 1. The van der Waals surface area contributed by atoms with Gasteiger partial charge in [0, 0.05) is 12.1 Å². The fourth-order valence-electron chi connectivity index (χ4n) is 1.63. The quantitative estimate of drug-likeness (QED) is 0.865. The topological polar surface area (TPSA) is 75.4 Å². The van der Waals surface area contributed by atoms with Gasteiger partial charge in [0.05, 0.1) is 18.3 Å². The van der Waals surface area contributed by atoms with Gasteiger partial charge in [-0.2, -0.15) is 0 Å². The average Bonchev–Trinajstić information content (AvgIpc) is 2.77. The van der Waals surface area contributed by atoms with E-state index in [-0.39, 0.29) is 12.1 Å². The summed E-state index contributed by atoms with van der Waals surface area (Å²) in [6, 6.07) is 3.69. The van der Waals surface area contributed by atoms with Crippen LogP contribution in [0, 0.1) is 12.7 Å². The monoisotopic (exact) mass is 264 g/mol. The lowest BCUT2D eigenvalue weighted by atomic mass is 10.1. The maximum atomic E-state index is 13.5. The van der Waals surface area contributed by atoms with Crippen molar-refractivity contribution in [3.63, 3.8) is 0 Å². The van der Waals surface area contributed by atoms with E-state index in [1.807, 2.05) is 0 Å². The van der Waals surface area contributed by atoms with Gasteiger partial charge in [-0.1, -0.05) is 0 Å². The molecule has 0 amide bonds. The number of hydrogen-bond acceptors (Lipinski definition) is 4. The smallest absolute Gasteiger partial charge is 0.335 e. The van der Waals surface area contributed by atoms with Crippen LogP contribution in [0.4, 0.5) is 4.39 Å². The summed E-state index contributed by atoms with van der Waals surface area (Å²) < 4.78 is 18.7. The second kappa shape index (κ2) is 5.62. The van der Waals surface area contributed by atoms with E-state index in [0.717, 1.165) is 6.07 Å². The molecule has 1 aromatic heterocycles. The number of aromatic nitrogens is 1. The number of nitrogens with zero attached hydrogens (tertiary/aromatic N) is 1. The number of aryl methyl sites for hydroxylation is 1. The summed E-state index contributed by atoms with van der Waals surface area (Å²) in [5.41, 5.74) is 0.355. The van der Waals surface area contributed by atoms with Gasteiger partial charge in [0.15, 0.2) is 0 Å². The Balaban J connectivity index is 1.99. The molecule has 6 heteroatoms. The number of carbonyl (C=O) groups is 1. The van der Waals surface area contributed by atoms with Crippen LogP contribution in [0.15, 0.2) is 28.8 Å². The maximum Gasteiger partial charge on any atom is 0.335 e. The van der Waals surface area contributed by atoms with Crippen molar-refractivity contribution in [2.45, 2.75) is 20.0 Å². The fraction of sp³-hybridized carbons (Fsp3) is 0.231. The normalized spacial score (nSPS) is 10.6. The van der Waals surface area contributed by atoms with Gasteiger partial charge in [0.1, 0.15) is 11.6 Å². The lowest BCUT2D eigenvalue weighted by molar-refractivity contribution is 0.0696. The zero-order valence-corrected chi connectivity index (χ0v) is 10.3. The SMILES string of the molecule is Cc1cnc(CNCc2cc(C(=O)O)ccc2F)o1. The number of oxazole rings is 1. The molecule has 0 atom stereocenters. The Bertz CT molecular complexity index is 595. The van der Waals surface area contributed by atoms with Crippen molar-refractivity contribution in [3.8, 4) is 0 Å². The summed E-state index contributed by atoms with van der Waals surface area (Å²) in [4.78, 5) is 14.8. The molecule has 0 unspecified atom stereocenters. The van der Waals surface area contributed by atoms with E-state index in [2.05, 4.69) is 10.3 Å². The summed E-state index contributed by atoms with van der Waals surface area (Å²) in [6.45, 7) is 2.34. The number of hydrogen-bond donors (Lipinski definition) is 2. The van der Waals surface area contributed by atoms with Gasteiger partial charge in [-0.25, -0.2) is 14.2 Å². The lowest BCUT2D eigenvalue weighted by Crippen LogP contribution is -2.14. The van der Waals surface area contributed by atoms with Crippen molar-refractivity contribution in [2.24, 2.45) is 0 Å². The molecule has 0 aliphatic rings. The molecule has 0 fully saturated rings. The minimum Gasteiger partial charge on any atom is -0.478 e. The Labute approximate surface area is 109 Å². The second-order valence-corrected chi connectivity index (χ2v) is 4.08. The highest BCUT2D eigenvalue weighted by Crippen LogP contribution is 2.11. The van der Waals surface area contributed by atoms with Crippen LogP contribution in [-0.4, -0.2) is 16.1 Å². The van der Waals surface area contributed by atoms with Gasteiger partial charge in [0.2, 0.25) is 5.89 Å². The van der Waals surface area contributed by atoms with Crippen molar-refractivity contribution < 1.29 is 18.7 Å². The summed E-state index contributed by atoms with van der Waals surface area (Å²) >= 11 is 0. The molecule has 100 valence electrons. The van der Waals surface area contributed by atoms with Gasteiger partial charge in [-0.3, -0.25) is 0 Å². The molecule has 0 bridgehead atoms. The van der Waals surface area contributed by atoms with Crippen LogP contribution in [0.3, 0.4) is 0 Å². The summed E-state index contributed by atoms with van der Waals surface area (Å²) in [7, 11) is 0. The molecule has 0 saturated heterocycles. The van der Waals surface area contributed by atoms with Crippen molar-refractivity contribution in [3.05, 3.63) is 53.0 Å². The Morgan fingerprint density at radius 3 is 2.89 bits per heavy atom. The molecule has 0 saturated carbocycles. The first-order chi connectivity index (χ1) is 9.06. The molecule has 1 heterocycles. The fourth-order valence-corrected chi connectivity index (χ4v) is 1.63. The van der Waals surface area contributed by atoms with E-state index >= 15 is 0 Å². The van der Waals surface area contributed by atoms with E-state index < -0.39 is 11.8 Å². The highest BCUT2D eigenvalue weighted by atomic mass is 19.1. The van der Waals surface area contributed by atoms with E-state index in [0.29, 0.717) is 23.8 Å². The molecule has 0 aliphatic heterocycles. The molecule has 1 aromatic carbocycles. The molecular weight excluding hydrogens is 251 g/mol. The molecule has 2 aromatic rings. The third-order valence-electron chi connectivity index (χ3n) is 2.55. The number of halogens is 1. The van der Waals surface area contributed by atoms with Gasteiger partial charge >= 0.3 is 5.97 Å². The summed E-state index contributed by atoms with van der Waals surface area (Å²) in [6.07, 6.45) is 1.60. The third-order valence-corrected chi connectivity index (χ3v) is 2.55. The van der Waals surface area contributed by atoms with Crippen LogP contribution in [0.2, 0.25) is 0 Å². The molecule has 0 aliphatic carbocycles. The molecule has 19 heavy (non-hydrogen) atoms. The van der Waals surface area contributed by atoms with Crippen LogP contribution < -0.4 is 5.32 Å². The van der Waals surface area contributed by atoms with Gasteiger partial charge in [-0.05, 0) is 25.1 Å². The van der Waals surface area contributed by atoms with Gasteiger partial charge in [0.25, 0.3) is 0 Å². The van der Waals surface area contributed by atoms with Crippen LogP contribution in [0.1, 0.15) is 27.6 Å². The third kappa shape index (κ3) is 3.38. The Kier molecular flexibility index (Phi) is 3.91. The lowest BCUT2D eigenvalue weighted by Gasteiger charge is -2.05. The number of carboxylic acid groups (broad SMARTS) is 1. The molecule has 5 nitrogen and oxygen atoms in total. The first-order valence-corrected chi connectivity index (χ1v) is 5.70. The molecule has 2 N–H and O–H groups in total. The first kappa shape index (κ1) is 13.2. The highest BCUT2D eigenvalue weighted by Gasteiger charge is 2.08. The number of rotatable bonds is 5. The standard InChI is InChI=1S/C13H13FN2O3/c1-8-5-16-12(19-8)7-15-6-10-4-9(13(17)18)2-3-11(10)14/h2-5,15H,6-7H2,1H3,(H,17,18). The molecular formula is C13H13FN2O3. The van der Waals surface area contributed by atoms with E-state index in [4.69, 9.17) is 9.52 Å². The first-order valence-electron chi connectivity index (χ1n) is 5.70. The van der Waals surface area contributed by atoms with E-state index in [1.165, 1.54) is 12.1 Å². The average molecular weight is 264 g/mol. The number of nitrogens with one attached hydrogen (secondary N) is 1. The van der Waals surface area contributed by atoms with Crippen molar-refractivity contribution in [1.82, 2.24) is 10.3 Å². The minimum atomic E-state index is -1.08. The number of aromatic carboxylic acids is 1. The number of benzene rings is 1. The second-order valence-electron chi connectivity index (χ2n) is 4.08. The minimum absolute atomic E-state index is 0.0603. The highest BCUT2D eigenvalue weighted by molar-refractivity contribution is 5.87. The molecule has 0 spiro atoms. The maximum absolute atomic E-state index is 13.5. The van der Waals surface area contributed by atoms with Gasteiger partial charge in [-0.15, -0.1) is 0 Å². The molecule has 0 radical (unpaired) electrons. The Morgan fingerprint density at radius 2 is 2.26 bits per heavy atom. The van der Waals surface area contributed by atoms with Crippen molar-refractivity contribution in [1.29, 1.82) is 0 Å². The summed E-state index contributed by atoms with van der Waals surface area (Å²) in [5.74, 6) is -0.311. The Morgan fingerprint density at radius 1 is 1.47 bits per heavy atom.